The van der Waals surface area contributed by atoms with E-state index in [1.54, 1.807) is 58.9 Å². The van der Waals surface area contributed by atoms with E-state index in [1.165, 1.54) is 23.9 Å². The number of carbonyl (C=O) groups excluding carboxylic acids is 5. The number of carbonyl (C=O) groups is 6. The number of amidine groups is 2. The Kier molecular flexibility index (Phi) is 22.1. The minimum Gasteiger partial charge on any atom is -0.477 e. The predicted octanol–water partition coefficient (Wildman–Crippen LogP) is 13.3. The van der Waals surface area contributed by atoms with E-state index < -0.39 is 58.4 Å². The SMILES string of the molecule is CC(C)C1=C(C(=O)O)SC2=NC(C)(c3ccc(F)c(F)c3)C(c3ccc(Cl)cc3)N21.CC[C@@H]1CC[C@@H](C(=O)N2CCN(C(C)=O)[C@H](C)C2)N1.CC[C@@H]1CC[C@@H](C(=O)N2CCN(C(C)=O)[C@H](C)C2)N1C(=O)C1=C(C(C)C)N2C(=NC(C)(c3ccc(F)c(F)c3)C2c2ccc(Cl)cc2)S1. The number of nitrogens with one attached hydrogen (secondary N) is 1. The Morgan fingerprint density at radius 2 is 1.04 bits per heavy atom. The van der Waals surface area contributed by atoms with E-state index >= 15 is 0 Å². The molecule has 4 aromatic rings. The van der Waals surface area contributed by atoms with Gasteiger partial charge in [-0.3, -0.25) is 24.0 Å². The summed E-state index contributed by atoms with van der Waals surface area (Å²) in [6.07, 6.45) is 5.13. The quantitative estimate of drug-likeness (QED) is 0.128. The molecule has 17 nitrogen and oxygen atoms in total. The van der Waals surface area contributed by atoms with E-state index in [0.29, 0.717) is 100 Å². The summed E-state index contributed by atoms with van der Waals surface area (Å²) in [5.74, 6) is -4.93. The molecule has 8 aliphatic heterocycles. The smallest absolute Gasteiger partial charge is 0.344 e. The molecule has 8 aliphatic rings. The van der Waals surface area contributed by atoms with Gasteiger partial charge in [0.15, 0.2) is 33.6 Å². The molecule has 25 heteroatoms. The summed E-state index contributed by atoms with van der Waals surface area (Å²) < 4.78 is 56.4. The first-order valence-electron chi connectivity index (χ1n) is 33.4. The van der Waals surface area contributed by atoms with Crippen molar-refractivity contribution in [1.82, 2.24) is 39.6 Å². The Bertz CT molecular complexity index is 3860. The third-order valence-electron chi connectivity index (χ3n) is 20.1. The number of aliphatic carboxylic acids is 1. The Morgan fingerprint density at radius 1 is 0.598 bits per heavy atom. The summed E-state index contributed by atoms with van der Waals surface area (Å²) in [5.41, 5.74) is 2.17. The Hall–Kier alpha value is -6.92. The van der Waals surface area contributed by atoms with Crippen molar-refractivity contribution in [3.63, 3.8) is 0 Å². The van der Waals surface area contributed by atoms with Crippen molar-refractivity contribution in [1.29, 1.82) is 0 Å². The monoisotopic (exact) mass is 1410 g/mol. The molecule has 0 saturated carbocycles. The standard InChI is InChI=1S/C36H42ClF2N5O3S.C22H19ClF2N2O2S.C14H25N3O2/c1-7-26-13-15-29(33(46)41-16-17-42(22(5)45)21(4)19-41)43(26)34(47)31-30(20(2)3)44-32(23-8-11-25(37)12-9-23)36(6,40-35(44)48-31)24-10-14-27(38)28(39)18-24;1-11(2)17-18(20(28)29)30-21-26-22(3,13-6-9-15(24)16(25)10-13)19(27(17)21)12-4-7-14(23)8-5-12;1-4-12-5-6-13(15-12)14(19)16-7-8-17(11(3)18)10(2)9-16/h8-12,14,18,20-21,26,29,32H,7,13,15-17,19H2,1-6H3;4-11,19H,1-3H3,(H,28,29);10,12-13,15H,4-9H2,1-3H3/t21-,26-,29+,32?,36?;;10-,12-,13+/m1.1/s1. The van der Waals surface area contributed by atoms with Crippen molar-refractivity contribution in [2.24, 2.45) is 21.8 Å². The first-order valence-corrected chi connectivity index (χ1v) is 35.8. The van der Waals surface area contributed by atoms with E-state index in [1.807, 2.05) is 101 Å². The van der Waals surface area contributed by atoms with Gasteiger partial charge in [-0.15, -0.1) is 0 Å². The lowest BCUT2D eigenvalue weighted by molar-refractivity contribution is -0.147. The number of carboxylic acid groups (broad SMARTS) is 1. The average molecular weight is 1410 g/mol. The molecule has 97 heavy (non-hydrogen) atoms. The van der Waals surface area contributed by atoms with Crippen molar-refractivity contribution < 1.29 is 51.4 Å². The number of piperazine rings is 2. The molecule has 0 aromatic heterocycles. The largest absolute Gasteiger partial charge is 0.477 e. The molecule has 2 N–H and O–H groups in total. The van der Waals surface area contributed by atoms with Gasteiger partial charge in [-0.05, 0) is 172 Å². The lowest BCUT2D eigenvalue weighted by atomic mass is 9.81. The average Bonchev–Trinajstić information content (AvgIpc) is 1.57. The van der Waals surface area contributed by atoms with E-state index in [2.05, 4.69) is 17.1 Å². The molecule has 4 saturated heterocycles. The van der Waals surface area contributed by atoms with Crippen LogP contribution in [0.2, 0.25) is 10.0 Å². The highest BCUT2D eigenvalue weighted by atomic mass is 35.5. The predicted molar refractivity (Wildman–Crippen MR) is 372 cm³/mol. The van der Waals surface area contributed by atoms with Gasteiger partial charge in [-0.25, -0.2) is 32.3 Å². The minimum absolute atomic E-state index is 0.00856. The first kappa shape index (κ1) is 72.8. The third-order valence-corrected chi connectivity index (χ3v) is 22.7. The molecular formula is C72H86Cl2F4N10O7S2. The molecule has 4 fully saturated rings. The van der Waals surface area contributed by atoms with Crippen molar-refractivity contribution in [2.75, 3.05) is 39.3 Å². The second kappa shape index (κ2) is 29.5. The molecule has 10 atom stereocenters. The van der Waals surface area contributed by atoms with Gasteiger partial charge in [0.2, 0.25) is 23.6 Å². The zero-order valence-electron chi connectivity index (χ0n) is 56.8. The number of rotatable bonds is 12. The number of allylic oxidation sites excluding steroid dienone is 2. The van der Waals surface area contributed by atoms with Crippen LogP contribution in [0.4, 0.5) is 17.6 Å². The second-order valence-corrected chi connectivity index (χ2v) is 30.0. The second-order valence-electron chi connectivity index (χ2n) is 27.2. The van der Waals surface area contributed by atoms with Crippen molar-refractivity contribution in [2.45, 2.75) is 181 Å². The number of benzene rings is 4. The maximum absolute atomic E-state index is 14.8. The highest BCUT2D eigenvalue weighted by Gasteiger charge is 2.56. The Morgan fingerprint density at radius 3 is 1.43 bits per heavy atom. The maximum Gasteiger partial charge on any atom is 0.344 e. The van der Waals surface area contributed by atoms with E-state index in [0.717, 1.165) is 72.5 Å². The molecule has 4 unspecified atom stereocenters. The van der Waals surface area contributed by atoms with Gasteiger partial charge in [0.05, 0.1) is 18.1 Å². The van der Waals surface area contributed by atoms with Gasteiger partial charge >= 0.3 is 5.97 Å². The van der Waals surface area contributed by atoms with Gasteiger partial charge in [-0.2, -0.15) is 0 Å². The van der Waals surface area contributed by atoms with Crippen LogP contribution in [-0.2, 0) is 39.8 Å². The van der Waals surface area contributed by atoms with Crippen LogP contribution in [0.1, 0.15) is 156 Å². The summed E-state index contributed by atoms with van der Waals surface area (Å²) >= 11 is 14.7. The highest BCUT2D eigenvalue weighted by molar-refractivity contribution is 8.18. The van der Waals surface area contributed by atoms with Crippen LogP contribution < -0.4 is 5.32 Å². The van der Waals surface area contributed by atoms with Crippen molar-refractivity contribution in [3.8, 4) is 0 Å². The fourth-order valence-corrected chi connectivity index (χ4v) is 18.0. The molecule has 4 aromatic carbocycles. The zero-order chi connectivity index (χ0) is 70.4. The lowest BCUT2D eigenvalue weighted by Crippen LogP contribution is -2.58. The van der Waals surface area contributed by atoms with Gasteiger partial charge in [0.25, 0.3) is 5.91 Å². The van der Waals surface area contributed by atoms with Crippen LogP contribution in [0.15, 0.2) is 116 Å². The van der Waals surface area contributed by atoms with Crippen molar-refractivity contribution >= 4 is 92.6 Å². The molecule has 0 bridgehead atoms. The topological polar surface area (TPSA) is 182 Å². The number of thioether (sulfide) groups is 2. The van der Waals surface area contributed by atoms with Crippen LogP contribution in [0.25, 0.3) is 0 Å². The number of aliphatic imine (C=N–C) groups is 2. The number of fused-ring (bicyclic) bond motifs is 2. The fraction of sp³-hybridized carbons (Fsp3) is 0.500. The van der Waals surface area contributed by atoms with E-state index in [-0.39, 0.29) is 70.4 Å². The normalized spacial score (nSPS) is 26.9. The van der Waals surface area contributed by atoms with Gasteiger partial charge < -0.3 is 44.7 Å². The third kappa shape index (κ3) is 14.3. The fourth-order valence-electron chi connectivity index (χ4n) is 15.1. The molecule has 0 spiro atoms. The summed E-state index contributed by atoms with van der Waals surface area (Å²) in [6, 6.07) is 21.1. The first-order chi connectivity index (χ1) is 45.9. The molecule has 0 aliphatic carbocycles. The number of nitrogens with zero attached hydrogens (tertiary/aromatic N) is 9. The van der Waals surface area contributed by atoms with Crippen LogP contribution in [0.5, 0.6) is 0 Å². The molecule has 520 valence electrons. The van der Waals surface area contributed by atoms with Gasteiger partial charge in [0.1, 0.15) is 26.9 Å². The van der Waals surface area contributed by atoms with Gasteiger partial charge in [-0.1, -0.05) is 101 Å². The molecule has 8 heterocycles. The highest BCUT2D eigenvalue weighted by Crippen LogP contribution is 2.58. The molecular weight excluding hydrogens is 1330 g/mol. The van der Waals surface area contributed by atoms with E-state index in [9.17, 15) is 51.4 Å². The number of hydrogen-bond acceptors (Lipinski definition) is 13. The summed E-state index contributed by atoms with van der Waals surface area (Å²) in [5, 5.41) is 15.4. The van der Waals surface area contributed by atoms with Crippen LogP contribution in [0.3, 0.4) is 0 Å². The molecule has 5 amide bonds. The summed E-state index contributed by atoms with van der Waals surface area (Å²) in [6.45, 7) is 26.3. The maximum atomic E-state index is 14.8. The number of likely N-dealkylation sites (tertiary alicyclic amines) is 1. The number of carboxylic acids is 1. The Labute approximate surface area is 584 Å². The number of hydrogen-bond donors (Lipinski definition) is 2. The summed E-state index contributed by atoms with van der Waals surface area (Å²) in [4.78, 5) is 101. The van der Waals surface area contributed by atoms with Crippen LogP contribution >= 0.6 is 46.7 Å². The molecule has 0 radical (unpaired) electrons. The molecule has 12 rings (SSSR count). The Balaban J connectivity index is 0.000000176. The number of halogens is 6. The van der Waals surface area contributed by atoms with Gasteiger partial charge in [0, 0.05) is 98.7 Å². The zero-order valence-corrected chi connectivity index (χ0v) is 60.0. The van der Waals surface area contributed by atoms with Crippen LogP contribution in [-0.4, -0.2) is 161 Å². The lowest BCUT2D eigenvalue weighted by Gasteiger charge is -2.41. The number of amides is 5. The van der Waals surface area contributed by atoms with E-state index in [4.69, 9.17) is 33.2 Å². The summed E-state index contributed by atoms with van der Waals surface area (Å²) in [7, 11) is 0. The van der Waals surface area contributed by atoms with Crippen LogP contribution in [0, 0.1) is 35.1 Å². The van der Waals surface area contributed by atoms with Crippen molar-refractivity contribution in [3.05, 3.63) is 162 Å². The minimum atomic E-state index is -1.02.